The number of amides is 3. The van der Waals surface area contributed by atoms with Gasteiger partial charge in [-0.05, 0) is 47.1 Å². The molecule has 0 aliphatic heterocycles. The second-order valence-electron chi connectivity index (χ2n) is 10.6. The maximum absolute atomic E-state index is 13.2. The average Bonchev–Trinajstić information content (AvgIpc) is 2.79. The molecule has 0 heterocycles. The summed E-state index contributed by atoms with van der Waals surface area (Å²) in [5.41, 5.74) is -0.899. The molecule has 0 radical (unpaired) electrons. The lowest BCUT2D eigenvalue weighted by molar-refractivity contribution is -0.138. The Bertz CT molecular complexity index is 1060. The van der Waals surface area contributed by atoms with Crippen molar-refractivity contribution < 1.29 is 46.9 Å². The summed E-state index contributed by atoms with van der Waals surface area (Å²) in [6, 6.07) is 6.78. The molecule has 0 unspecified atom stereocenters. The van der Waals surface area contributed by atoms with E-state index in [1.807, 2.05) is 0 Å². The van der Waals surface area contributed by atoms with Crippen molar-refractivity contribution in [3.05, 3.63) is 35.9 Å². The molecule has 40 heavy (non-hydrogen) atoms. The molecule has 1 rings (SSSR count). The highest BCUT2D eigenvalue weighted by Gasteiger charge is 2.32. The zero-order valence-electron chi connectivity index (χ0n) is 23.7. The van der Waals surface area contributed by atoms with E-state index in [1.165, 1.54) is 0 Å². The Morgan fingerprint density at radius 1 is 0.850 bits per heavy atom. The molecule has 4 N–H and O–H groups in total. The van der Waals surface area contributed by atoms with Gasteiger partial charge in [-0.3, -0.25) is 0 Å². The normalized spacial score (nSPS) is 12.7. The molecule has 14 nitrogen and oxygen atoms in total. The number of sulfonamides is 1. The highest BCUT2D eigenvalue weighted by molar-refractivity contribution is 7.89. The number of alkyl carbamates (subject to hydrolysis) is 3. The van der Waals surface area contributed by atoms with E-state index in [0.717, 1.165) is 4.31 Å². The lowest BCUT2D eigenvalue weighted by Crippen LogP contribution is -2.51. The van der Waals surface area contributed by atoms with Crippen molar-refractivity contribution >= 4 is 34.3 Å². The van der Waals surface area contributed by atoms with Crippen LogP contribution in [0.2, 0.25) is 0 Å². The largest absolute Gasteiger partial charge is 0.480 e. The molecule has 3 amide bonds. The number of rotatable bonds is 13. The molecule has 0 aliphatic rings. The first-order valence-corrected chi connectivity index (χ1v) is 14.1. The van der Waals surface area contributed by atoms with Gasteiger partial charge in [0.1, 0.15) is 23.9 Å². The van der Waals surface area contributed by atoms with Crippen LogP contribution in [0.3, 0.4) is 0 Å². The fourth-order valence-corrected chi connectivity index (χ4v) is 4.58. The van der Waals surface area contributed by atoms with Gasteiger partial charge >= 0.3 is 24.2 Å². The van der Waals surface area contributed by atoms with Gasteiger partial charge in [0.25, 0.3) is 0 Å². The van der Waals surface area contributed by atoms with Crippen LogP contribution in [0.1, 0.15) is 47.1 Å². The SMILES string of the molecule is CC(C)(C)OC(=O)NCCN(CCNC(=O)OC(C)(C)C)S(=O)(=O)C[C@@H](NC(=O)OCc1ccccc1)C(=O)O. The molecule has 0 fully saturated rings. The summed E-state index contributed by atoms with van der Waals surface area (Å²) in [5.74, 6) is -2.61. The summed E-state index contributed by atoms with van der Waals surface area (Å²) < 4.78 is 42.5. The second-order valence-corrected chi connectivity index (χ2v) is 12.6. The van der Waals surface area contributed by atoms with Crippen molar-refractivity contribution in [1.29, 1.82) is 0 Å². The summed E-state index contributed by atoms with van der Waals surface area (Å²) in [5, 5.41) is 16.5. The highest BCUT2D eigenvalue weighted by Crippen LogP contribution is 2.09. The number of benzene rings is 1. The van der Waals surface area contributed by atoms with Gasteiger partial charge in [-0.15, -0.1) is 0 Å². The second kappa shape index (κ2) is 15.3. The number of carbonyl (C=O) groups is 4. The number of ether oxygens (including phenoxy) is 3. The minimum absolute atomic E-state index is 0.148. The Morgan fingerprint density at radius 3 is 1.75 bits per heavy atom. The van der Waals surface area contributed by atoms with E-state index in [9.17, 15) is 32.7 Å². The van der Waals surface area contributed by atoms with Crippen LogP contribution in [0.5, 0.6) is 0 Å². The summed E-state index contributed by atoms with van der Waals surface area (Å²) in [4.78, 5) is 47.9. The molecule has 0 saturated heterocycles. The standard InChI is InChI=1S/C25H40N4O10S/c1-24(2,3)38-21(32)26-12-14-29(15-13-27-22(33)39-25(4,5)6)40(35,36)17-19(20(30)31)28-23(34)37-16-18-10-8-7-9-11-18/h7-11,19H,12-17H2,1-6H3,(H,26,32)(H,27,33)(H,28,34)(H,30,31)/t19-/m1/s1. The number of nitrogens with zero attached hydrogens (tertiary/aromatic N) is 1. The lowest BCUT2D eigenvalue weighted by atomic mass is 10.2. The number of carbonyl (C=O) groups excluding carboxylic acids is 3. The minimum atomic E-state index is -4.35. The van der Waals surface area contributed by atoms with Gasteiger partial charge < -0.3 is 35.3 Å². The Kier molecular flexibility index (Phi) is 13.1. The van der Waals surface area contributed by atoms with Gasteiger partial charge in [0.15, 0.2) is 0 Å². The Balaban J connectivity index is 2.89. The van der Waals surface area contributed by atoms with Crippen LogP contribution in [0, 0.1) is 0 Å². The zero-order valence-corrected chi connectivity index (χ0v) is 24.5. The van der Waals surface area contributed by atoms with E-state index < -0.39 is 57.3 Å². The molecule has 15 heteroatoms. The predicted octanol–water partition coefficient (Wildman–Crippen LogP) is 2.05. The van der Waals surface area contributed by atoms with Gasteiger partial charge in [-0.2, -0.15) is 4.31 Å². The molecule has 1 atom stereocenters. The molecular formula is C25H40N4O10S. The van der Waals surface area contributed by atoms with E-state index in [0.29, 0.717) is 5.56 Å². The molecule has 0 aliphatic carbocycles. The van der Waals surface area contributed by atoms with E-state index in [1.54, 1.807) is 71.9 Å². The third kappa shape index (κ3) is 15.1. The van der Waals surface area contributed by atoms with Crippen LogP contribution in [0.15, 0.2) is 30.3 Å². The van der Waals surface area contributed by atoms with Crippen LogP contribution in [-0.2, 0) is 35.6 Å². The molecule has 226 valence electrons. The summed E-state index contributed by atoms with van der Waals surface area (Å²) >= 11 is 0. The smallest absolute Gasteiger partial charge is 0.408 e. The lowest BCUT2D eigenvalue weighted by Gasteiger charge is -2.25. The predicted molar refractivity (Wildman–Crippen MR) is 145 cm³/mol. The third-order valence-corrected chi connectivity index (χ3v) is 6.54. The van der Waals surface area contributed by atoms with Gasteiger partial charge in [0, 0.05) is 26.2 Å². The van der Waals surface area contributed by atoms with E-state index >= 15 is 0 Å². The molecule has 0 bridgehead atoms. The van der Waals surface area contributed by atoms with Crippen molar-refractivity contribution in [2.45, 2.75) is 65.4 Å². The number of carboxylic acids is 1. The number of aliphatic carboxylic acids is 1. The van der Waals surface area contributed by atoms with Crippen molar-refractivity contribution in [2.24, 2.45) is 0 Å². The summed E-state index contributed by atoms with van der Waals surface area (Å²) in [7, 11) is -4.35. The number of hydrogen-bond donors (Lipinski definition) is 4. The molecule has 0 spiro atoms. The summed E-state index contributed by atoms with van der Waals surface area (Å²) in [6.45, 7) is 8.92. The van der Waals surface area contributed by atoms with Gasteiger partial charge in [0.2, 0.25) is 10.0 Å². The van der Waals surface area contributed by atoms with Crippen LogP contribution in [0.4, 0.5) is 14.4 Å². The molecular weight excluding hydrogens is 548 g/mol. The number of nitrogens with one attached hydrogen (secondary N) is 3. The first kappa shape index (κ1) is 34.4. The maximum atomic E-state index is 13.2. The third-order valence-electron chi connectivity index (χ3n) is 4.63. The first-order chi connectivity index (χ1) is 18.4. The van der Waals surface area contributed by atoms with Crippen molar-refractivity contribution in [3.63, 3.8) is 0 Å². The fourth-order valence-electron chi connectivity index (χ4n) is 2.98. The van der Waals surface area contributed by atoms with E-state index in [4.69, 9.17) is 14.2 Å². The Labute approximate surface area is 234 Å². The number of carboxylic acid groups (broad SMARTS) is 1. The van der Waals surface area contributed by atoms with Crippen LogP contribution >= 0.6 is 0 Å². The van der Waals surface area contributed by atoms with Crippen molar-refractivity contribution in [2.75, 3.05) is 31.9 Å². The fraction of sp³-hybridized carbons (Fsp3) is 0.600. The Hall–Kier alpha value is -3.59. The van der Waals surface area contributed by atoms with Crippen molar-refractivity contribution in [1.82, 2.24) is 20.3 Å². The molecule has 0 aromatic heterocycles. The number of hydrogen-bond acceptors (Lipinski definition) is 9. The van der Waals surface area contributed by atoms with Gasteiger partial charge in [0.05, 0.1) is 5.75 Å². The molecule has 0 saturated carbocycles. The Morgan fingerprint density at radius 2 is 1.32 bits per heavy atom. The van der Waals surface area contributed by atoms with Gasteiger partial charge in [-0.1, -0.05) is 30.3 Å². The van der Waals surface area contributed by atoms with E-state index in [2.05, 4.69) is 16.0 Å². The minimum Gasteiger partial charge on any atom is -0.480 e. The highest BCUT2D eigenvalue weighted by atomic mass is 32.2. The molecule has 1 aromatic carbocycles. The van der Waals surface area contributed by atoms with Crippen LogP contribution in [-0.4, -0.2) is 91.3 Å². The van der Waals surface area contributed by atoms with Gasteiger partial charge in [-0.25, -0.2) is 27.6 Å². The average molecular weight is 589 g/mol. The quantitative estimate of drug-likeness (QED) is 0.248. The topological polar surface area (TPSA) is 190 Å². The zero-order chi connectivity index (χ0) is 30.6. The molecule has 1 aromatic rings. The summed E-state index contributed by atoms with van der Waals surface area (Å²) in [6.07, 6.45) is -2.66. The van der Waals surface area contributed by atoms with Crippen molar-refractivity contribution in [3.8, 4) is 0 Å². The van der Waals surface area contributed by atoms with E-state index in [-0.39, 0.29) is 32.8 Å². The maximum Gasteiger partial charge on any atom is 0.408 e. The monoisotopic (exact) mass is 588 g/mol. The van der Waals surface area contributed by atoms with Crippen LogP contribution in [0.25, 0.3) is 0 Å². The first-order valence-electron chi connectivity index (χ1n) is 12.5. The van der Waals surface area contributed by atoms with Crippen LogP contribution < -0.4 is 16.0 Å².